The number of halogens is 3. The van der Waals surface area contributed by atoms with Crippen LogP contribution in [0.1, 0.15) is 5.56 Å². The Morgan fingerprint density at radius 1 is 0.774 bits per heavy atom. The smallest absolute Gasteiger partial charge is 0.406 e. The van der Waals surface area contributed by atoms with E-state index in [0.717, 1.165) is 11.1 Å². The molecule has 0 unspecified atom stereocenters. The highest BCUT2D eigenvalue weighted by molar-refractivity contribution is 5.86. The highest BCUT2D eigenvalue weighted by Crippen LogP contribution is 2.30. The number of aryl methyl sites for hydroxylation is 1. The van der Waals surface area contributed by atoms with Crippen molar-refractivity contribution in [2.24, 2.45) is 0 Å². The Bertz CT molecular complexity index is 1390. The Morgan fingerprint density at radius 3 is 2.06 bits per heavy atom. The van der Waals surface area contributed by atoms with Gasteiger partial charge >= 0.3 is 6.36 Å². The minimum absolute atomic E-state index is 0.297. The molecule has 0 atom stereocenters. The summed E-state index contributed by atoms with van der Waals surface area (Å²) < 4.78 is 43.4. The van der Waals surface area contributed by atoms with E-state index in [-0.39, 0.29) is 5.75 Å². The molecule has 0 spiro atoms. The van der Waals surface area contributed by atoms with Gasteiger partial charge in [-0.3, -0.25) is 4.57 Å². The van der Waals surface area contributed by atoms with Gasteiger partial charge in [0.25, 0.3) is 0 Å². The predicted molar refractivity (Wildman–Crippen MR) is 111 cm³/mol. The van der Waals surface area contributed by atoms with Crippen LogP contribution < -0.4 is 4.74 Å². The Balaban J connectivity index is 1.73. The molecule has 0 N–H and O–H groups in total. The normalized spacial score (nSPS) is 11.9. The van der Waals surface area contributed by atoms with Crippen molar-refractivity contribution < 1.29 is 17.9 Å². The molecule has 154 valence electrons. The van der Waals surface area contributed by atoms with Gasteiger partial charge in [0.05, 0.1) is 11.0 Å². The van der Waals surface area contributed by atoms with Gasteiger partial charge in [0.15, 0.2) is 11.3 Å². The lowest BCUT2D eigenvalue weighted by atomic mass is 10.1. The summed E-state index contributed by atoms with van der Waals surface area (Å²) in [4.78, 5) is 14.1. The molecule has 2 aromatic heterocycles. The molecule has 0 aliphatic rings. The molecule has 3 aromatic carbocycles. The summed E-state index contributed by atoms with van der Waals surface area (Å²) in [5.41, 5.74) is 4.90. The number of benzene rings is 3. The fraction of sp³-hybridized carbons (Fsp3) is 0.0870. The quantitative estimate of drug-likeness (QED) is 0.368. The van der Waals surface area contributed by atoms with E-state index < -0.39 is 6.36 Å². The van der Waals surface area contributed by atoms with Gasteiger partial charge in [-0.05, 0) is 43.3 Å². The van der Waals surface area contributed by atoms with Gasteiger partial charge in [0, 0.05) is 11.3 Å². The van der Waals surface area contributed by atoms with E-state index >= 15 is 0 Å². The Kier molecular flexibility index (Phi) is 4.35. The second-order valence-corrected chi connectivity index (χ2v) is 7.04. The van der Waals surface area contributed by atoms with Crippen molar-refractivity contribution in [1.82, 2.24) is 19.5 Å². The molecule has 0 bridgehead atoms. The number of para-hydroxylation sites is 2. The maximum Gasteiger partial charge on any atom is 0.573 e. The topological polar surface area (TPSA) is 52.8 Å². The number of rotatable bonds is 3. The number of hydrogen-bond acceptors (Lipinski definition) is 4. The largest absolute Gasteiger partial charge is 0.573 e. The van der Waals surface area contributed by atoms with Gasteiger partial charge in [-0.2, -0.15) is 0 Å². The summed E-state index contributed by atoms with van der Waals surface area (Å²) in [5, 5.41) is 0. The molecular weight excluding hydrogens is 405 g/mol. The highest BCUT2D eigenvalue weighted by Gasteiger charge is 2.31. The lowest BCUT2D eigenvalue weighted by molar-refractivity contribution is -0.274. The van der Waals surface area contributed by atoms with Crippen molar-refractivity contribution in [2.75, 3.05) is 0 Å². The number of nitrogens with zero attached hydrogens (tertiary/aromatic N) is 4. The standard InChI is InChI=1S/C23H15F3N4O/c1-14-6-8-15(9-7-14)21-29-20-22(28-19-5-3-2-4-18(19)27-20)30(21)16-10-12-17(13-11-16)31-23(24,25)26/h2-13H,1H3. The van der Waals surface area contributed by atoms with Crippen LogP contribution >= 0.6 is 0 Å². The van der Waals surface area contributed by atoms with Gasteiger partial charge < -0.3 is 4.74 Å². The van der Waals surface area contributed by atoms with Gasteiger partial charge in [0.1, 0.15) is 11.6 Å². The monoisotopic (exact) mass is 420 g/mol. The number of alkyl halides is 3. The molecule has 0 saturated carbocycles. The maximum atomic E-state index is 12.5. The van der Waals surface area contributed by atoms with Crippen molar-refractivity contribution in [2.45, 2.75) is 13.3 Å². The highest BCUT2D eigenvalue weighted by atomic mass is 19.4. The second-order valence-electron chi connectivity index (χ2n) is 7.04. The van der Waals surface area contributed by atoms with Gasteiger partial charge in [0.2, 0.25) is 0 Å². The fourth-order valence-corrected chi connectivity index (χ4v) is 3.39. The van der Waals surface area contributed by atoms with Crippen molar-refractivity contribution >= 4 is 22.3 Å². The van der Waals surface area contributed by atoms with Crippen molar-refractivity contribution in [1.29, 1.82) is 0 Å². The van der Waals surface area contributed by atoms with Crippen LogP contribution in [-0.4, -0.2) is 25.9 Å². The third-order valence-corrected chi connectivity index (χ3v) is 4.81. The number of fused-ring (bicyclic) bond motifs is 2. The first-order valence-electron chi connectivity index (χ1n) is 9.46. The minimum Gasteiger partial charge on any atom is -0.406 e. The minimum atomic E-state index is -4.75. The number of ether oxygens (including phenoxy) is 1. The van der Waals surface area contributed by atoms with Gasteiger partial charge in [-0.15, -0.1) is 13.2 Å². The SMILES string of the molecule is Cc1ccc(-c2nc3nc4ccccc4nc3n2-c2ccc(OC(F)(F)F)cc2)cc1. The zero-order chi connectivity index (χ0) is 21.6. The molecule has 0 saturated heterocycles. The van der Waals surface area contributed by atoms with Crippen LogP contribution in [0.5, 0.6) is 5.75 Å². The van der Waals surface area contributed by atoms with Crippen LogP contribution in [0.15, 0.2) is 72.8 Å². The molecule has 0 radical (unpaired) electrons. The van der Waals surface area contributed by atoms with E-state index in [1.807, 2.05) is 55.5 Å². The van der Waals surface area contributed by atoms with Crippen molar-refractivity contribution in [3.63, 3.8) is 0 Å². The molecule has 0 aliphatic carbocycles. The van der Waals surface area contributed by atoms with E-state index in [2.05, 4.69) is 9.72 Å². The third kappa shape index (κ3) is 3.68. The average Bonchev–Trinajstić information content (AvgIpc) is 3.10. The van der Waals surface area contributed by atoms with Crippen LogP contribution in [-0.2, 0) is 0 Å². The summed E-state index contributed by atoms with van der Waals surface area (Å²) >= 11 is 0. The molecular formula is C23H15F3N4O. The average molecular weight is 420 g/mol. The molecule has 5 aromatic rings. The maximum absolute atomic E-state index is 12.5. The lowest BCUT2D eigenvalue weighted by Crippen LogP contribution is -2.17. The van der Waals surface area contributed by atoms with Gasteiger partial charge in [-0.1, -0.05) is 42.0 Å². The van der Waals surface area contributed by atoms with Gasteiger partial charge in [-0.25, -0.2) is 15.0 Å². The Morgan fingerprint density at radius 2 is 1.42 bits per heavy atom. The predicted octanol–water partition coefficient (Wildman–Crippen LogP) is 5.84. The summed E-state index contributed by atoms with van der Waals surface area (Å²) in [6.45, 7) is 1.99. The van der Waals surface area contributed by atoms with Crippen LogP contribution in [0, 0.1) is 6.92 Å². The first-order valence-corrected chi connectivity index (χ1v) is 9.46. The summed E-state index contributed by atoms with van der Waals surface area (Å²) in [6.07, 6.45) is -4.75. The number of imidazole rings is 1. The zero-order valence-electron chi connectivity index (χ0n) is 16.3. The summed E-state index contributed by atoms with van der Waals surface area (Å²) in [5.74, 6) is 0.295. The fourth-order valence-electron chi connectivity index (χ4n) is 3.39. The number of aromatic nitrogens is 4. The van der Waals surface area contributed by atoms with E-state index in [9.17, 15) is 13.2 Å². The molecule has 0 amide bonds. The van der Waals surface area contributed by atoms with E-state index in [0.29, 0.717) is 33.8 Å². The summed E-state index contributed by atoms with van der Waals surface area (Å²) in [7, 11) is 0. The molecule has 2 heterocycles. The first-order chi connectivity index (χ1) is 14.9. The Labute approximate surface area is 174 Å². The number of hydrogen-bond donors (Lipinski definition) is 0. The first kappa shape index (κ1) is 19.0. The molecule has 8 heteroatoms. The van der Waals surface area contributed by atoms with Crippen LogP contribution in [0.3, 0.4) is 0 Å². The van der Waals surface area contributed by atoms with E-state index in [1.54, 1.807) is 4.57 Å². The van der Waals surface area contributed by atoms with Crippen molar-refractivity contribution in [3.05, 3.63) is 78.4 Å². The molecule has 31 heavy (non-hydrogen) atoms. The summed E-state index contributed by atoms with van der Waals surface area (Å²) in [6, 6.07) is 20.9. The zero-order valence-corrected chi connectivity index (χ0v) is 16.3. The molecule has 5 rings (SSSR count). The lowest BCUT2D eigenvalue weighted by Gasteiger charge is -2.12. The third-order valence-electron chi connectivity index (χ3n) is 4.81. The Hall–Kier alpha value is -3.94. The van der Waals surface area contributed by atoms with E-state index in [4.69, 9.17) is 9.97 Å². The molecule has 5 nitrogen and oxygen atoms in total. The molecule has 0 fully saturated rings. The van der Waals surface area contributed by atoms with Crippen LogP contribution in [0.25, 0.3) is 39.4 Å². The van der Waals surface area contributed by atoms with E-state index in [1.165, 1.54) is 24.3 Å². The molecule has 0 aliphatic heterocycles. The second kappa shape index (κ2) is 7.09. The van der Waals surface area contributed by atoms with Crippen LogP contribution in [0.4, 0.5) is 13.2 Å². The van der Waals surface area contributed by atoms with Crippen LogP contribution in [0.2, 0.25) is 0 Å². The van der Waals surface area contributed by atoms with Crippen molar-refractivity contribution in [3.8, 4) is 22.8 Å².